The predicted octanol–water partition coefficient (Wildman–Crippen LogP) is 6.42. The van der Waals surface area contributed by atoms with E-state index in [0.29, 0.717) is 38.5 Å². The number of hydrogen-bond donors (Lipinski definition) is 2. The van der Waals surface area contributed by atoms with Crippen molar-refractivity contribution in [3.05, 3.63) is 108 Å². The van der Waals surface area contributed by atoms with Crippen molar-refractivity contribution in [3.63, 3.8) is 0 Å². The minimum atomic E-state index is -4.24. The fourth-order valence-corrected chi connectivity index (χ4v) is 5.94. The van der Waals surface area contributed by atoms with Crippen LogP contribution in [0.1, 0.15) is 42.4 Å². The Hall–Kier alpha value is -4.91. The molecule has 0 radical (unpaired) electrons. The van der Waals surface area contributed by atoms with E-state index in [-0.39, 0.29) is 52.0 Å². The molecule has 0 spiro atoms. The van der Waals surface area contributed by atoms with E-state index in [9.17, 15) is 24.1 Å². The average molecular weight is 742 g/mol. The maximum absolute atomic E-state index is 13.7. The zero-order valence-electron chi connectivity index (χ0n) is 29.4. The third-order valence-corrected chi connectivity index (χ3v) is 9.01. The van der Waals surface area contributed by atoms with E-state index in [1.165, 1.54) is 11.9 Å². The topological polar surface area (TPSA) is 186 Å². The van der Waals surface area contributed by atoms with E-state index >= 15 is 0 Å². The van der Waals surface area contributed by atoms with Gasteiger partial charge in [0.05, 0.1) is 39.6 Å². The van der Waals surface area contributed by atoms with Crippen LogP contribution in [-0.4, -0.2) is 87.0 Å². The highest BCUT2D eigenvalue weighted by atomic mass is 31.2. The van der Waals surface area contributed by atoms with Crippen molar-refractivity contribution in [2.24, 2.45) is 10.5 Å². The van der Waals surface area contributed by atoms with Gasteiger partial charge in [0.25, 0.3) is 0 Å². The van der Waals surface area contributed by atoms with Crippen LogP contribution < -0.4 is 5.73 Å². The molecule has 14 nitrogen and oxygen atoms in total. The third-order valence-electron chi connectivity index (χ3n) is 7.54. The number of carboxylic acids is 1. The summed E-state index contributed by atoms with van der Waals surface area (Å²) >= 11 is 0. The molecule has 1 unspecified atom stereocenters. The number of ether oxygens (including phenoxy) is 4. The minimum Gasteiger partial charge on any atom is -0.480 e. The molecule has 0 bridgehead atoms. The van der Waals surface area contributed by atoms with Crippen LogP contribution in [0.15, 0.2) is 95.8 Å². The summed E-state index contributed by atoms with van der Waals surface area (Å²) in [6.07, 6.45) is 1.02. The monoisotopic (exact) mass is 741 g/mol. The zero-order valence-corrected chi connectivity index (χ0v) is 30.3. The number of rotatable bonds is 23. The van der Waals surface area contributed by atoms with Crippen molar-refractivity contribution in [3.8, 4) is 0 Å². The molecular weight excluding hydrogens is 693 g/mol. The van der Waals surface area contributed by atoms with Gasteiger partial charge in [-0.1, -0.05) is 91.0 Å². The maximum Gasteiger partial charge on any atom is 0.508 e. The Bertz CT molecular complexity index is 1490. The Labute approximate surface area is 304 Å². The molecule has 52 heavy (non-hydrogen) atoms. The summed E-state index contributed by atoms with van der Waals surface area (Å²) in [7, 11) is -2.81. The third kappa shape index (κ3) is 16.9. The quantitative estimate of drug-likeness (QED) is 0.0357. The largest absolute Gasteiger partial charge is 0.508 e. The smallest absolute Gasteiger partial charge is 0.480 e. The van der Waals surface area contributed by atoms with Crippen molar-refractivity contribution < 1.29 is 52.1 Å². The Morgan fingerprint density at radius 3 is 1.46 bits per heavy atom. The summed E-state index contributed by atoms with van der Waals surface area (Å²) in [4.78, 5) is 37.1. The number of nitrogens with zero attached hydrogens (tertiary/aromatic N) is 2. The summed E-state index contributed by atoms with van der Waals surface area (Å²) in [5.74, 6) is -1.51. The molecule has 3 aromatic rings. The van der Waals surface area contributed by atoms with E-state index in [4.69, 9.17) is 33.7 Å². The maximum atomic E-state index is 13.7. The Morgan fingerprint density at radius 1 is 0.654 bits per heavy atom. The molecule has 1 atom stereocenters. The van der Waals surface area contributed by atoms with E-state index in [1.807, 2.05) is 66.7 Å². The van der Waals surface area contributed by atoms with Gasteiger partial charge in [-0.25, -0.2) is 18.9 Å². The number of hydrogen-bond acceptors (Lipinski definition) is 10. The van der Waals surface area contributed by atoms with E-state index in [1.54, 1.807) is 24.3 Å². The number of unbranched alkanes of at least 4 members (excludes halogenated alkanes) is 2. The lowest BCUT2D eigenvalue weighted by atomic mass is 10.1. The molecule has 0 saturated heterocycles. The van der Waals surface area contributed by atoms with Crippen LogP contribution in [0.2, 0.25) is 0 Å². The van der Waals surface area contributed by atoms with Crippen LogP contribution in [0.5, 0.6) is 0 Å². The number of nitrogens with two attached hydrogens (primary N) is 1. The zero-order chi connectivity index (χ0) is 37.4. The summed E-state index contributed by atoms with van der Waals surface area (Å²) < 4.78 is 49.3. The molecule has 15 heteroatoms. The van der Waals surface area contributed by atoms with E-state index in [0.717, 1.165) is 16.7 Å². The summed E-state index contributed by atoms with van der Waals surface area (Å²) in [6, 6.07) is 27.0. The van der Waals surface area contributed by atoms with Crippen molar-refractivity contribution in [1.82, 2.24) is 4.90 Å². The van der Waals surface area contributed by atoms with Gasteiger partial charge in [0, 0.05) is 26.3 Å². The molecule has 0 fully saturated rings. The van der Waals surface area contributed by atoms with Gasteiger partial charge in [-0.05, 0) is 42.4 Å². The van der Waals surface area contributed by atoms with E-state index < -0.39 is 32.1 Å². The highest BCUT2D eigenvalue weighted by molar-refractivity contribution is 7.52. The lowest BCUT2D eigenvalue weighted by molar-refractivity contribution is -0.141. The van der Waals surface area contributed by atoms with Crippen LogP contribution in [0, 0.1) is 0 Å². The number of benzene rings is 3. The first-order valence-electron chi connectivity index (χ1n) is 17.1. The molecule has 0 aliphatic heterocycles. The van der Waals surface area contributed by atoms with Gasteiger partial charge in [-0.3, -0.25) is 9.05 Å². The van der Waals surface area contributed by atoms with E-state index in [2.05, 4.69) is 4.76 Å². The number of carboxylic acid groups (broad SMARTS) is 1. The van der Waals surface area contributed by atoms with Crippen molar-refractivity contribution >= 4 is 32.0 Å². The number of carbonyl (C=O) groups excluding carboxylic acids is 2. The number of guanidine groups is 1. The van der Waals surface area contributed by atoms with Crippen molar-refractivity contribution in [2.75, 3.05) is 46.7 Å². The molecular formula is C37H48N3O11P. The molecule has 0 amide bonds. The Morgan fingerprint density at radius 2 is 1.04 bits per heavy atom. The number of aliphatic carboxylic acids is 1. The standard InChI is InChI=1S/C37H48N3O11P/c1-40(33(34(41)42)29-32-19-9-4-10-20-32)35(38)39-52(45,50-25-13-11-23-46-36(43)48-27-21-30-15-5-2-6-16-30)51-26-14-12-24-47-37(44)49-28-22-31-17-7-3-8-18-31/h2-10,15-20,33H,11-14,21-29H2,1H3,(H,41,42)(H2,38,39,45). The second kappa shape index (κ2) is 23.5. The lowest BCUT2D eigenvalue weighted by Gasteiger charge is -2.26. The van der Waals surface area contributed by atoms with Gasteiger partial charge >= 0.3 is 26.0 Å². The second-order valence-corrected chi connectivity index (χ2v) is 13.2. The predicted molar refractivity (Wildman–Crippen MR) is 194 cm³/mol. The van der Waals surface area contributed by atoms with Gasteiger partial charge in [0.15, 0.2) is 0 Å². The number of likely N-dealkylation sites (N-methyl/N-ethyl adjacent to an activating group) is 1. The van der Waals surface area contributed by atoms with Gasteiger partial charge in [0.2, 0.25) is 5.96 Å². The van der Waals surface area contributed by atoms with Crippen molar-refractivity contribution in [1.29, 1.82) is 0 Å². The summed E-state index contributed by atoms with van der Waals surface area (Å²) in [6.45, 7) is 0.268. The van der Waals surface area contributed by atoms with Gasteiger partial charge in [-0.2, -0.15) is 0 Å². The number of carbonyl (C=O) groups is 3. The highest BCUT2D eigenvalue weighted by Crippen LogP contribution is 2.50. The van der Waals surface area contributed by atoms with Crippen LogP contribution in [0.25, 0.3) is 0 Å². The van der Waals surface area contributed by atoms with Gasteiger partial charge in [-0.15, -0.1) is 4.76 Å². The summed E-state index contributed by atoms with van der Waals surface area (Å²) in [5, 5.41) is 9.90. The van der Waals surface area contributed by atoms with Crippen LogP contribution in [0.4, 0.5) is 9.59 Å². The average Bonchev–Trinajstić information content (AvgIpc) is 3.14. The lowest BCUT2D eigenvalue weighted by Crippen LogP contribution is -2.47. The second-order valence-electron chi connectivity index (χ2n) is 11.5. The molecule has 3 rings (SSSR count). The minimum absolute atomic E-state index is 0.0430. The molecule has 3 N–H and O–H groups in total. The van der Waals surface area contributed by atoms with Gasteiger partial charge in [0.1, 0.15) is 6.04 Å². The molecule has 282 valence electrons. The normalized spacial score (nSPS) is 12.1. The fourth-order valence-electron chi connectivity index (χ4n) is 4.63. The molecule has 0 aromatic heterocycles. The van der Waals surface area contributed by atoms with Crippen LogP contribution >= 0.6 is 7.75 Å². The molecule has 3 aromatic carbocycles. The van der Waals surface area contributed by atoms with Crippen LogP contribution in [-0.2, 0) is 56.6 Å². The molecule has 0 aliphatic carbocycles. The van der Waals surface area contributed by atoms with Crippen molar-refractivity contribution in [2.45, 2.75) is 51.0 Å². The fraction of sp³-hybridized carbons (Fsp3) is 0.405. The summed E-state index contributed by atoms with van der Waals surface area (Å²) in [5.41, 5.74) is 8.98. The Balaban J connectivity index is 1.46. The first-order valence-corrected chi connectivity index (χ1v) is 18.6. The first-order chi connectivity index (χ1) is 25.1. The molecule has 0 heterocycles. The SMILES string of the molecule is CN(C(N)=NP(=O)(OCCCCOC(=O)OCCc1ccccc1)OCCCCOC(=O)OCCc1ccccc1)C(Cc1ccccc1)C(=O)O. The first kappa shape index (κ1) is 41.5. The Kier molecular flexibility index (Phi) is 18.8. The van der Waals surface area contributed by atoms with Gasteiger partial charge < -0.3 is 34.7 Å². The molecule has 0 aliphatic rings. The highest BCUT2D eigenvalue weighted by Gasteiger charge is 2.30. The van der Waals surface area contributed by atoms with Crippen LogP contribution in [0.3, 0.4) is 0 Å². The molecule has 0 saturated carbocycles.